The summed E-state index contributed by atoms with van der Waals surface area (Å²) in [6, 6.07) is 4.81. The normalized spacial score (nSPS) is 10.9. The van der Waals surface area contributed by atoms with Crippen LogP contribution < -0.4 is 25.4 Å². The zero-order valence-corrected chi connectivity index (χ0v) is 18.7. The first-order valence-corrected chi connectivity index (χ1v) is 8.93. The molecule has 0 aromatic heterocycles. The molecule has 1 aromatic carbocycles. The number of halogens is 3. The van der Waals surface area contributed by atoms with E-state index in [1.165, 1.54) is 13.0 Å². The molecule has 0 saturated heterocycles. The Hall–Kier alpha value is -1.85. The van der Waals surface area contributed by atoms with Crippen LogP contribution in [-0.4, -0.2) is 44.7 Å². The Kier molecular flexibility index (Phi) is 14.1. The molecule has 0 saturated carbocycles. The summed E-state index contributed by atoms with van der Waals surface area (Å²) >= 11 is 0. The number of alkyl halides is 2. The molecule has 3 N–H and O–H groups in total. The van der Waals surface area contributed by atoms with Crippen LogP contribution in [0.4, 0.5) is 8.78 Å². The van der Waals surface area contributed by atoms with Crippen molar-refractivity contribution in [2.24, 2.45) is 4.99 Å². The van der Waals surface area contributed by atoms with E-state index in [0.29, 0.717) is 43.5 Å². The molecule has 0 fully saturated rings. The minimum absolute atomic E-state index is 0. The van der Waals surface area contributed by atoms with Crippen molar-refractivity contribution in [3.63, 3.8) is 0 Å². The first kappa shape index (κ1) is 26.1. The lowest BCUT2D eigenvalue weighted by molar-refractivity contribution is -0.118. The number of rotatable bonds is 11. The number of amides is 1. The highest BCUT2D eigenvalue weighted by Crippen LogP contribution is 2.27. The predicted molar refractivity (Wildman–Crippen MR) is 116 cm³/mol. The Bertz CT molecular complexity index is 618. The second kappa shape index (κ2) is 15.1. The predicted octanol–water partition coefficient (Wildman–Crippen LogP) is 2.89. The number of benzene rings is 1. The van der Waals surface area contributed by atoms with Crippen molar-refractivity contribution in [1.29, 1.82) is 0 Å². The van der Waals surface area contributed by atoms with Gasteiger partial charge in [0.05, 0.1) is 13.2 Å². The van der Waals surface area contributed by atoms with E-state index < -0.39 is 6.61 Å². The van der Waals surface area contributed by atoms with Gasteiger partial charge in [-0.3, -0.25) is 4.79 Å². The van der Waals surface area contributed by atoms with Crippen molar-refractivity contribution in [1.82, 2.24) is 16.0 Å². The highest BCUT2D eigenvalue weighted by Gasteiger charge is 2.11. The summed E-state index contributed by atoms with van der Waals surface area (Å²) in [6.45, 7) is 4.59. The molecule has 0 radical (unpaired) electrons. The quantitative estimate of drug-likeness (QED) is 0.183. The fourth-order valence-corrected chi connectivity index (χ4v) is 2.11. The second-order valence-electron chi connectivity index (χ2n) is 5.60. The number of aliphatic imine (C=N–C) groups is 1. The van der Waals surface area contributed by atoms with E-state index in [1.54, 1.807) is 12.1 Å². The van der Waals surface area contributed by atoms with Crippen molar-refractivity contribution in [2.45, 2.75) is 40.3 Å². The van der Waals surface area contributed by atoms with Crippen LogP contribution in [0.15, 0.2) is 23.2 Å². The van der Waals surface area contributed by atoms with Crippen molar-refractivity contribution >= 4 is 35.8 Å². The van der Waals surface area contributed by atoms with Gasteiger partial charge in [0.15, 0.2) is 5.96 Å². The molecule has 28 heavy (non-hydrogen) atoms. The highest BCUT2D eigenvalue weighted by molar-refractivity contribution is 14.0. The summed E-state index contributed by atoms with van der Waals surface area (Å²) < 4.78 is 35.5. The van der Waals surface area contributed by atoms with Gasteiger partial charge in [0.1, 0.15) is 11.5 Å². The number of guanidine groups is 1. The molecule has 1 amide bonds. The number of carbonyl (C=O) groups excluding carboxylic acids is 1. The van der Waals surface area contributed by atoms with Gasteiger partial charge in [-0.2, -0.15) is 8.78 Å². The van der Waals surface area contributed by atoms with Gasteiger partial charge in [-0.1, -0.05) is 6.92 Å². The molecule has 0 aliphatic heterocycles. The molecular formula is C18H29F2IN4O3. The third kappa shape index (κ3) is 11.1. The summed E-state index contributed by atoms with van der Waals surface area (Å²) in [7, 11) is 0. The zero-order valence-electron chi connectivity index (χ0n) is 16.4. The van der Waals surface area contributed by atoms with Crippen LogP contribution in [0, 0.1) is 0 Å². The van der Waals surface area contributed by atoms with E-state index in [0.717, 1.165) is 6.42 Å². The number of hydrogen-bond acceptors (Lipinski definition) is 4. The van der Waals surface area contributed by atoms with Crippen LogP contribution in [0.1, 0.15) is 32.8 Å². The SMILES string of the molecule is CCCOc1ccc(CN=C(NCC)NCCNC(C)=O)c(OC(F)F)c1.I. The maximum Gasteiger partial charge on any atom is 0.387 e. The minimum Gasteiger partial charge on any atom is -0.493 e. The fraction of sp³-hybridized carbons (Fsp3) is 0.556. The van der Waals surface area contributed by atoms with Crippen LogP contribution in [0.5, 0.6) is 11.5 Å². The van der Waals surface area contributed by atoms with Gasteiger partial charge in [0, 0.05) is 38.2 Å². The van der Waals surface area contributed by atoms with Gasteiger partial charge >= 0.3 is 6.61 Å². The van der Waals surface area contributed by atoms with Gasteiger partial charge in [0.2, 0.25) is 5.91 Å². The Morgan fingerprint density at radius 1 is 1.18 bits per heavy atom. The summed E-state index contributed by atoms with van der Waals surface area (Å²) in [5, 5.41) is 8.78. The summed E-state index contributed by atoms with van der Waals surface area (Å²) in [5.74, 6) is 0.909. The largest absolute Gasteiger partial charge is 0.493 e. The minimum atomic E-state index is -2.93. The molecule has 1 rings (SSSR count). The van der Waals surface area contributed by atoms with E-state index >= 15 is 0 Å². The van der Waals surface area contributed by atoms with Crippen LogP contribution in [0.2, 0.25) is 0 Å². The van der Waals surface area contributed by atoms with E-state index in [2.05, 4.69) is 25.7 Å². The Morgan fingerprint density at radius 2 is 1.89 bits per heavy atom. The standard InChI is InChI=1S/C18H28F2N4O3.HI/c1-4-10-26-15-7-6-14(16(11-15)27-17(19)20)12-24-18(21-5-2)23-9-8-22-13(3)25;/h6-7,11,17H,4-5,8-10,12H2,1-3H3,(H,22,25)(H2,21,23,24);1H. The molecule has 0 aliphatic rings. The average molecular weight is 514 g/mol. The molecule has 7 nitrogen and oxygen atoms in total. The zero-order chi connectivity index (χ0) is 20.1. The van der Waals surface area contributed by atoms with Crippen LogP contribution in [0.25, 0.3) is 0 Å². The van der Waals surface area contributed by atoms with Gasteiger partial charge in [-0.15, -0.1) is 24.0 Å². The first-order valence-electron chi connectivity index (χ1n) is 8.93. The van der Waals surface area contributed by atoms with E-state index in [1.807, 2.05) is 13.8 Å². The molecule has 0 aliphatic carbocycles. The second-order valence-corrected chi connectivity index (χ2v) is 5.60. The highest BCUT2D eigenvalue weighted by atomic mass is 127. The monoisotopic (exact) mass is 514 g/mol. The molecule has 160 valence electrons. The number of nitrogens with zero attached hydrogens (tertiary/aromatic N) is 1. The smallest absolute Gasteiger partial charge is 0.387 e. The summed E-state index contributed by atoms with van der Waals surface area (Å²) in [4.78, 5) is 15.2. The van der Waals surface area contributed by atoms with Crippen molar-refractivity contribution < 1.29 is 23.0 Å². The maximum atomic E-state index is 12.7. The number of ether oxygens (including phenoxy) is 2. The lowest BCUT2D eigenvalue weighted by Crippen LogP contribution is -2.41. The topological polar surface area (TPSA) is 84.0 Å². The molecule has 10 heteroatoms. The molecule has 0 atom stereocenters. The van der Waals surface area contributed by atoms with Crippen LogP contribution in [0.3, 0.4) is 0 Å². The van der Waals surface area contributed by atoms with Gasteiger partial charge < -0.3 is 25.4 Å². The molecule has 0 spiro atoms. The third-order valence-electron chi connectivity index (χ3n) is 3.27. The molecular weight excluding hydrogens is 485 g/mol. The van der Waals surface area contributed by atoms with Gasteiger partial charge in [-0.25, -0.2) is 4.99 Å². The van der Waals surface area contributed by atoms with E-state index in [-0.39, 0.29) is 42.2 Å². The molecule has 0 unspecified atom stereocenters. The summed E-state index contributed by atoms with van der Waals surface area (Å²) in [5.41, 5.74) is 0.512. The van der Waals surface area contributed by atoms with E-state index in [4.69, 9.17) is 4.74 Å². The molecule has 1 aromatic rings. The Balaban J connectivity index is 0.00000729. The average Bonchev–Trinajstić information content (AvgIpc) is 2.61. The number of hydrogen-bond donors (Lipinski definition) is 3. The van der Waals surface area contributed by atoms with Gasteiger partial charge in [-0.05, 0) is 25.5 Å². The fourth-order valence-electron chi connectivity index (χ4n) is 2.11. The van der Waals surface area contributed by atoms with Gasteiger partial charge in [0.25, 0.3) is 0 Å². The molecule has 0 bridgehead atoms. The number of carbonyl (C=O) groups is 1. The van der Waals surface area contributed by atoms with Crippen molar-refractivity contribution in [3.05, 3.63) is 23.8 Å². The Labute approximate surface area is 181 Å². The lowest BCUT2D eigenvalue weighted by atomic mass is 10.2. The van der Waals surface area contributed by atoms with Crippen LogP contribution >= 0.6 is 24.0 Å². The van der Waals surface area contributed by atoms with Crippen molar-refractivity contribution in [2.75, 3.05) is 26.2 Å². The third-order valence-corrected chi connectivity index (χ3v) is 3.27. The summed E-state index contributed by atoms with van der Waals surface area (Å²) in [6.07, 6.45) is 0.813. The van der Waals surface area contributed by atoms with Crippen LogP contribution in [-0.2, 0) is 11.3 Å². The maximum absolute atomic E-state index is 12.7. The van der Waals surface area contributed by atoms with E-state index in [9.17, 15) is 13.6 Å². The first-order chi connectivity index (χ1) is 13.0. The lowest BCUT2D eigenvalue weighted by Gasteiger charge is -2.14. The Morgan fingerprint density at radius 3 is 2.50 bits per heavy atom. The number of nitrogens with one attached hydrogen (secondary N) is 3. The van der Waals surface area contributed by atoms with Crippen molar-refractivity contribution in [3.8, 4) is 11.5 Å². The molecule has 0 heterocycles.